The van der Waals surface area contributed by atoms with Crippen molar-refractivity contribution in [2.45, 2.75) is 56.9 Å². The van der Waals surface area contributed by atoms with E-state index in [2.05, 4.69) is 16.8 Å². The fraction of sp³-hybridized carbons (Fsp3) is 0.478. The maximum Gasteiger partial charge on any atom is 0.223 e. The molecule has 0 atom stereocenters. The van der Waals surface area contributed by atoms with Gasteiger partial charge >= 0.3 is 0 Å². The summed E-state index contributed by atoms with van der Waals surface area (Å²) in [5, 5.41) is 5.12. The molecule has 154 valence electrons. The molecule has 1 saturated carbocycles. The number of nitrogens with zero attached hydrogens (tertiary/aromatic N) is 1. The molecule has 0 saturated heterocycles. The molecule has 2 amide bonds. The Morgan fingerprint density at radius 3 is 2.62 bits per heavy atom. The van der Waals surface area contributed by atoms with E-state index in [-0.39, 0.29) is 35.9 Å². The van der Waals surface area contributed by atoms with Crippen LogP contribution in [0.3, 0.4) is 0 Å². The largest absolute Gasteiger partial charge is 0.355 e. The minimum atomic E-state index is -0.239. The first-order valence-electron chi connectivity index (χ1n) is 10.4. The first kappa shape index (κ1) is 20.1. The molecule has 1 aromatic carbocycles. The first-order chi connectivity index (χ1) is 14.1. The van der Waals surface area contributed by atoms with Gasteiger partial charge in [0.2, 0.25) is 11.8 Å². The third-order valence-electron chi connectivity index (χ3n) is 6.37. The molecule has 29 heavy (non-hydrogen) atoms. The number of carbonyl (C=O) groups is 2. The van der Waals surface area contributed by atoms with E-state index in [9.17, 15) is 14.0 Å². The van der Waals surface area contributed by atoms with E-state index in [1.807, 2.05) is 17.0 Å². The lowest BCUT2D eigenvalue weighted by molar-refractivity contribution is -0.134. The smallest absolute Gasteiger partial charge is 0.223 e. The van der Waals surface area contributed by atoms with E-state index in [0.717, 1.165) is 44.2 Å². The zero-order valence-corrected chi connectivity index (χ0v) is 17.4. The van der Waals surface area contributed by atoms with E-state index in [1.165, 1.54) is 22.6 Å². The van der Waals surface area contributed by atoms with E-state index in [4.69, 9.17) is 0 Å². The van der Waals surface area contributed by atoms with Gasteiger partial charge < -0.3 is 10.2 Å². The van der Waals surface area contributed by atoms with E-state index < -0.39 is 0 Å². The van der Waals surface area contributed by atoms with Crippen LogP contribution >= 0.6 is 11.3 Å². The summed E-state index contributed by atoms with van der Waals surface area (Å²) < 4.78 is 13.3. The van der Waals surface area contributed by atoms with Crippen molar-refractivity contribution in [1.82, 2.24) is 10.2 Å². The molecular formula is C23H27FN2O2S. The average molecular weight is 415 g/mol. The van der Waals surface area contributed by atoms with Gasteiger partial charge in [-0.3, -0.25) is 9.59 Å². The summed E-state index contributed by atoms with van der Waals surface area (Å²) in [6.07, 6.45) is 5.59. The van der Waals surface area contributed by atoms with Crippen molar-refractivity contribution in [3.05, 3.63) is 57.5 Å². The number of nitrogens with one attached hydrogen (secondary N) is 1. The number of thiophene rings is 1. The van der Waals surface area contributed by atoms with Crippen LogP contribution in [-0.4, -0.2) is 29.8 Å². The summed E-state index contributed by atoms with van der Waals surface area (Å²) in [5.41, 5.74) is 2.21. The second-order valence-corrected chi connectivity index (χ2v) is 9.21. The predicted molar refractivity (Wildman–Crippen MR) is 112 cm³/mol. The number of hydrogen-bond donors (Lipinski definition) is 1. The third-order valence-corrected chi connectivity index (χ3v) is 7.39. The number of halogens is 1. The Hall–Kier alpha value is -2.21. The topological polar surface area (TPSA) is 49.4 Å². The summed E-state index contributed by atoms with van der Waals surface area (Å²) in [4.78, 5) is 28.2. The molecule has 1 aliphatic carbocycles. The van der Waals surface area contributed by atoms with Gasteiger partial charge in [-0.15, -0.1) is 11.3 Å². The minimum absolute atomic E-state index is 0.0473. The number of benzene rings is 1. The fourth-order valence-corrected chi connectivity index (χ4v) is 5.51. The first-order valence-corrected chi connectivity index (χ1v) is 11.3. The number of carbonyl (C=O) groups excluding carboxylic acids is 2. The summed E-state index contributed by atoms with van der Waals surface area (Å²) in [6, 6.07) is 8.75. The van der Waals surface area contributed by atoms with E-state index in [1.54, 1.807) is 11.3 Å². The monoisotopic (exact) mass is 414 g/mol. The maximum atomic E-state index is 13.3. The van der Waals surface area contributed by atoms with Crippen LogP contribution in [0.15, 0.2) is 35.7 Å². The van der Waals surface area contributed by atoms with Gasteiger partial charge in [-0.1, -0.05) is 25.0 Å². The summed E-state index contributed by atoms with van der Waals surface area (Å²) in [7, 11) is 0. The second-order valence-electron chi connectivity index (χ2n) is 8.21. The molecule has 0 radical (unpaired) electrons. The third kappa shape index (κ3) is 4.53. The number of rotatable bonds is 6. The standard InChI is InChI=1S/C23H27FN2O2S/c24-19-5-3-18(4-6-19)23(11-1-2-12-23)16-25-21(27)7-8-22(28)26-13-9-20-17(15-26)10-14-29-20/h3-6,10,14H,1-2,7-9,11-13,15-16H2,(H,25,27). The van der Waals surface area contributed by atoms with Crippen molar-refractivity contribution in [2.75, 3.05) is 13.1 Å². The Morgan fingerprint density at radius 1 is 1.10 bits per heavy atom. The highest BCUT2D eigenvalue weighted by atomic mass is 32.1. The van der Waals surface area contributed by atoms with Crippen LogP contribution in [0.2, 0.25) is 0 Å². The summed E-state index contributed by atoms with van der Waals surface area (Å²) >= 11 is 1.75. The van der Waals surface area contributed by atoms with Crippen LogP contribution in [0.4, 0.5) is 4.39 Å². The molecule has 2 heterocycles. The van der Waals surface area contributed by atoms with Gasteiger partial charge in [0.1, 0.15) is 5.82 Å². The molecular weight excluding hydrogens is 387 g/mol. The highest BCUT2D eigenvalue weighted by Gasteiger charge is 2.36. The molecule has 2 aromatic rings. The molecule has 6 heteroatoms. The van der Waals surface area contributed by atoms with Crippen LogP contribution in [0.1, 0.15) is 54.5 Å². The highest BCUT2D eigenvalue weighted by molar-refractivity contribution is 7.10. The summed E-state index contributed by atoms with van der Waals surface area (Å²) in [6.45, 7) is 1.95. The lowest BCUT2D eigenvalue weighted by Gasteiger charge is -2.30. The molecule has 1 N–H and O–H groups in total. The van der Waals surface area contributed by atoms with E-state index in [0.29, 0.717) is 13.1 Å². The van der Waals surface area contributed by atoms with Crippen molar-refractivity contribution in [3.8, 4) is 0 Å². The number of fused-ring (bicyclic) bond motifs is 1. The highest BCUT2D eigenvalue weighted by Crippen LogP contribution is 2.40. The Labute approximate surface area is 175 Å². The quantitative estimate of drug-likeness (QED) is 0.771. The maximum absolute atomic E-state index is 13.3. The lowest BCUT2D eigenvalue weighted by Crippen LogP contribution is -2.40. The lowest BCUT2D eigenvalue weighted by atomic mass is 9.79. The van der Waals surface area contributed by atoms with Crippen LogP contribution < -0.4 is 5.32 Å². The Morgan fingerprint density at radius 2 is 1.86 bits per heavy atom. The van der Waals surface area contributed by atoms with Gasteiger partial charge in [-0.25, -0.2) is 4.39 Å². The SMILES string of the molecule is O=C(CCC(=O)N1CCc2sccc2C1)NCC1(c2ccc(F)cc2)CCCC1. The van der Waals surface area contributed by atoms with Gasteiger partial charge in [-0.05, 0) is 54.0 Å². The van der Waals surface area contributed by atoms with Gasteiger partial charge in [-0.2, -0.15) is 0 Å². The average Bonchev–Trinajstić information content (AvgIpc) is 3.40. The van der Waals surface area contributed by atoms with Crippen LogP contribution in [0.5, 0.6) is 0 Å². The Bertz CT molecular complexity index is 871. The van der Waals surface area contributed by atoms with Crippen LogP contribution in [0, 0.1) is 5.82 Å². The van der Waals surface area contributed by atoms with E-state index >= 15 is 0 Å². The molecule has 1 fully saturated rings. The zero-order valence-electron chi connectivity index (χ0n) is 16.6. The van der Waals surface area contributed by atoms with Crippen molar-refractivity contribution in [2.24, 2.45) is 0 Å². The van der Waals surface area contributed by atoms with Crippen molar-refractivity contribution >= 4 is 23.2 Å². The predicted octanol–water partition coefficient (Wildman–Crippen LogP) is 4.18. The molecule has 0 bridgehead atoms. The molecule has 2 aliphatic rings. The van der Waals surface area contributed by atoms with Crippen LogP contribution in [0.25, 0.3) is 0 Å². The molecule has 4 nitrogen and oxygen atoms in total. The number of amides is 2. The number of hydrogen-bond acceptors (Lipinski definition) is 3. The molecule has 0 unspecified atom stereocenters. The van der Waals surface area contributed by atoms with Crippen molar-refractivity contribution in [3.63, 3.8) is 0 Å². The molecule has 1 aromatic heterocycles. The second kappa shape index (κ2) is 8.66. The van der Waals surface area contributed by atoms with Gasteiger partial charge in [0.15, 0.2) is 0 Å². The molecule has 0 spiro atoms. The van der Waals surface area contributed by atoms with Gasteiger partial charge in [0.25, 0.3) is 0 Å². The zero-order chi connectivity index (χ0) is 20.3. The van der Waals surface area contributed by atoms with Crippen LogP contribution in [-0.2, 0) is 28.0 Å². The minimum Gasteiger partial charge on any atom is -0.355 e. The van der Waals surface area contributed by atoms with Crippen molar-refractivity contribution < 1.29 is 14.0 Å². The van der Waals surface area contributed by atoms with Crippen molar-refractivity contribution in [1.29, 1.82) is 0 Å². The Kier molecular flexibility index (Phi) is 5.99. The normalized spacial score (nSPS) is 17.8. The fourth-order valence-electron chi connectivity index (χ4n) is 4.62. The summed E-state index contributed by atoms with van der Waals surface area (Å²) in [5.74, 6) is -0.275. The van der Waals surface area contributed by atoms with Gasteiger partial charge in [0, 0.05) is 42.8 Å². The molecule has 1 aliphatic heterocycles. The Balaban J connectivity index is 1.28. The van der Waals surface area contributed by atoms with Gasteiger partial charge in [0.05, 0.1) is 0 Å². The molecule has 4 rings (SSSR count).